The third-order valence-electron chi connectivity index (χ3n) is 6.39. The Hall–Kier alpha value is -4.24. The number of nitrogens with one attached hydrogen (secondary N) is 6. The van der Waals surface area contributed by atoms with Crippen LogP contribution in [0.4, 0.5) is 40.3 Å². The van der Waals surface area contributed by atoms with Gasteiger partial charge in [-0.15, -0.1) is 0 Å². The molecule has 0 aliphatic carbocycles. The average Bonchev–Trinajstić information content (AvgIpc) is 3.45. The van der Waals surface area contributed by atoms with Crippen LogP contribution in [0.1, 0.15) is 21.5 Å². The van der Waals surface area contributed by atoms with Gasteiger partial charge in [-0.1, -0.05) is 0 Å². The van der Waals surface area contributed by atoms with Crippen molar-refractivity contribution in [2.24, 2.45) is 5.73 Å². The van der Waals surface area contributed by atoms with Crippen LogP contribution in [-0.2, 0) is 0 Å². The molecule has 5 rings (SSSR count). The van der Waals surface area contributed by atoms with Crippen molar-refractivity contribution < 1.29 is 22.4 Å². The molecule has 0 saturated heterocycles. The van der Waals surface area contributed by atoms with Gasteiger partial charge < -0.3 is 16.4 Å². The summed E-state index contributed by atoms with van der Waals surface area (Å²) in [5.74, 6) is -4.84. The predicted octanol–water partition coefficient (Wildman–Crippen LogP) is 6.80. The lowest BCUT2D eigenvalue weighted by Gasteiger charge is -2.15. The summed E-state index contributed by atoms with van der Waals surface area (Å²) in [5.41, 5.74) is 11.8. The molecule has 8 N–H and O–H groups in total. The SMILES string of the molecule is Cc1cc(I)ccc1Nc1c(-c2n[nH]c(=O)[nH]2)ccc(F)c1F.Cc1cc(I)ccc1Nc1c(C(=O)NNC(N)=S)ccc(F)c1F. The zero-order valence-corrected chi connectivity index (χ0v) is 29.4. The zero-order chi connectivity index (χ0) is 34.4. The number of carbonyl (C=O) groups excluding carboxylic acids is 1. The number of aryl methyl sites for hydroxylation is 2. The van der Waals surface area contributed by atoms with E-state index in [0.29, 0.717) is 11.4 Å². The van der Waals surface area contributed by atoms with Crippen LogP contribution >= 0.6 is 57.4 Å². The fraction of sp³-hybridized carbons (Fsp3) is 0.0667. The van der Waals surface area contributed by atoms with Crippen LogP contribution < -0.4 is 32.9 Å². The highest BCUT2D eigenvalue weighted by molar-refractivity contribution is 14.1. The van der Waals surface area contributed by atoms with Gasteiger partial charge in [-0.25, -0.2) is 27.5 Å². The fourth-order valence-electron chi connectivity index (χ4n) is 4.12. The van der Waals surface area contributed by atoms with Gasteiger partial charge in [0.2, 0.25) is 0 Å². The van der Waals surface area contributed by atoms with Crippen molar-refractivity contribution in [2.45, 2.75) is 13.8 Å². The van der Waals surface area contributed by atoms with Gasteiger partial charge in [-0.05, 0) is 143 Å². The highest BCUT2D eigenvalue weighted by Gasteiger charge is 2.20. The molecule has 47 heavy (non-hydrogen) atoms. The maximum atomic E-state index is 14.3. The number of aromatic nitrogens is 3. The lowest BCUT2D eigenvalue weighted by molar-refractivity contribution is 0.0944. The monoisotopic (exact) mass is 890 g/mol. The van der Waals surface area contributed by atoms with Crippen LogP contribution in [0.5, 0.6) is 0 Å². The summed E-state index contributed by atoms with van der Waals surface area (Å²) >= 11 is 8.89. The molecule has 17 heteroatoms. The maximum Gasteiger partial charge on any atom is 0.340 e. The van der Waals surface area contributed by atoms with Crippen molar-refractivity contribution in [3.8, 4) is 11.4 Å². The molecule has 0 fully saturated rings. The molecule has 0 aliphatic heterocycles. The summed E-state index contributed by atoms with van der Waals surface area (Å²) < 4.78 is 57.8. The Labute approximate surface area is 297 Å². The van der Waals surface area contributed by atoms with Gasteiger partial charge in [0.1, 0.15) is 0 Å². The Bertz CT molecular complexity index is 2040. The molecule has 0 bridgehead atoms. The summed E-state index contributed by atoms with van der Waals surface area (Å²) in [4.78, 5) is 25.8. The van der Waals surface area contributed by atoms with Crippen LogP contribution in [0, 0.1) is 44.3 Å². The fourth-order valence-corrected chi connectivity index (χ4v) is 5.46. The molecule has 0 atom stereocenters. The van der Waals surface area contributed by atoms with Gasteiger partial charge in [0.25, 0.3) is 5.91 Å². The summed E-state index contributed by atoms with van der Waals surface area (Å²) in [6, 6.07) is 15.3. The van der Waals surface area contributed by atoms with E-state index in [4.69, 9.17) is 5.73 Å². The van der Waals surface area contributed by atoms with E-state index < -0.39 is 34.9 Å². The topological polar surface area (TPSA) is 153 Å². The van der Waals surface area contributed by atoms with Crippen LogP contribution in [0.25, 0.3) is 11.4 Å². The van der Waals surface area contributed by atoms with Crippen molar-refractivity contribution in [3.63, 3.8) is 0 Å². The standard InChI is InChI=1S/C15H13F2IN4OS.C15H11F2IN4O/c1-7-6-8(18)2-5-11(7)20-13-9(3-4-10(16)12(13)17)14(23)21-22-15(19)24;1-7-6-8(18)2-5-11(7)19-13-9(3-4-10(16)12(13)17)14-20-15(23)22-21-14/h2-6,20H,1H3,(H,21,23)(H3,19,22,24);2-6,19H,1H3,(H2,20,21,22,23). The highest BCUT2D eigenvalue weighted by atomic mass is 127. The van der Waals surface area contributed by atoms with E-state index in [1.807, 2.05) is 32.0 Å². The van der Waals surface area contributed by atoms with E-state index in [1.54, 1.807) is 18.2 Å². The Morgan fingerprint density at radius 1 is 0.809 bits per heavy atom. The van der Waals surface area contributed by atoms with Crippen LogP contribution in [-0.4, -0.2) is 26.2 Å². The minimum Gasteiger partial charge on any atom is -0.375 e. The number of hydrazine groups is 1. The van der Waals surface area contributed by atoms with Crippen molar-refractivity contribution in [2.75, 3.05) is 10.6 Å². The van der Waals surface area contributed by atoms with E-state index in [1.165, 1.54) is 12.1 Å². The Kier molecular flexibility index (Phi) is 11.8. The molecule has 1 amide bonds. The number of rotatable bonds is 6. The summed E-state index contributed by atoms with van der Waals surface area (Å²) in [6.45, 7) is 3.67. The molecule has 4 aromatic carbocycles. The first-order valence-electron chi connectivity index (χ1n) is 13.3. The number of carbonyl (C=O) groups is 1. The van der Waals surface area contributed by atoms with Crippen molar-refractivity contribution in [1.29, 1.82) is 0 Å². The predicted molar refractivity (Wildman–Crippen MR) is 193 cm³/mol. The number of anilines is 4. The number of hydrogen-bond acceptors (Lipinski definition) is 6. The van der Waals surface area contributed by atoms with Crippen LogP contribution in [0.15, 0.2) is 65.5 Å². The van der Waals surface area contributed by atoms with E-state index in [9.17, 15) is 27.2 Å². The third kappa shape index (κ3) is 8.98. The molecule has 244 valence electrons. The van der Waals surface area contributed by atoms with Gasteiger partial charge in [0.15, 0.2) is 34.2 Å². The number of hydrogen-bond donors (Lipinski definition) is 7. The lowest BCUT2D eigenvalue weighted by Crippen LogP contribution is -2.44. The minimum atomic E-state index is -1.16. The first-order chi connectivity index (χ1) is 22.2. The molecule has 0 saturated carbocycles. The molecule has 1 aromatic heterocycles. The third-order valence-corrected chi connectivity index (χ3v) is 7.83. The Morgan fingerprint density at radius 2 is 1.34 bits per heavy atom. The minimum absolute atomic E-state index is 0.0861. The zero-order valence-electron chi connectivity index (χ0n) is 24.3. The molecular weight excluding hydrogens is 866 g/mol. The molecule has 0 spiro atoms. The Balaban J connectivity index is 0.000000213. The molecule has 0 radical (unpaired) electrons. The number of halogens is 6. The van der Waals surface area contributed by atoms with Gasteiger partial charge in [-0.2, -0.15) is 5.10 Å². The molecule has 0 unspecified atom stereocenters. The number of nitrogens with two attached hydrogens (primary N) is 1. The number of amides is 1. The Morgan fingerprint density at radius 3 is 1.85 bits per heavy atom. The number of nitrogens with zero attached hydrogens (tertiary/aromatic N) is 1. The summed E-state index contributed by atoms with van der Waals surface area (Å²) in [5, 5.41) is 11.5. The van der Waals surface area contributed by atoms with Gasteiger partial charge >= 0.3 is 5.69 Å². The summed E-state index contributed by atoms with van der Waals surface area (Å²) in [6.07, 6.45) is 0. The quantitative estimate of drug-likeness (QED) is 0.0426. The summed E-state index contributed by atoms with van der Waals surface area (Å²) in [7, 11) is 0. The first kappa shape index (κ1) is 35.6. The molecule has 0 aliphatic rings. The lowest BCUT2D eigenvalue weighted by atomic mass is 10.1. The number of H-pyrrole nitrogens is 2. The number of thiocarbonyl (C=S) groups is 1. The molecular formula is C30H24F4I2N8O2S. The normalized spacial score (nSPS) is 10.5. The largest absolute Gasteiger partial charge is 0.375 e. The van der Waals surface area contributed by atoms with E-state index >= 15 is 0 Å². The second-order valence-electron chi connectivity index (χ2n) is 9.71. The number of aromatic amines is 2. The average molecular weight is 890 g/mol. The van der Waals surface area contributed by atoms with E-state index in [-0.39, 0.29) is 33.4 Å². The van der Waals surface area contributed by atoms with Crippen molar-refractivity contribution >= 4 is 91.2 Å². The molecule has 10 nitrogen and oxygen atoms in total. The second kappa shape index (κ2) is 15.6. The van der Waals surface area contributed by atoms with Crippen LogP contribution in [0.2, 0.25) is 0 Å². The smallest absolute Gasteiger partial charge is 0.340 e. The number of benzene rings is 4. The van der Waals surface area contributed by atoms with E-state index in [0.717, 1.165) is 30.4 Å². The van der Waals surface area contributed by atoms with Crippen LogP contribution in [0.3, 0.4) is 0 Å². The van der Waals surface area contributed by atoms with Gasteiger partial charge in [0.05, 0.1) is 16.9 Å². The molecule has 1 heterocycles. The van der Waals surface area contributed by atoms with E-state index in [2.05, 4.69) is 94.1 Å². The van der Waals surface area contributed by atoms with Crippen molar-refractivity contribution in [3.05, 3.63) is 118 Å². The molecule has 5 aromatic rings. The van der Waals surface area contributed by atoms with Gasteiger partial charge in [-0.3, -0.25) is 20.6 Å². The second-order valence-corrected chi connectivity index (χ2v) is 12.6. The first-order valence-corrected chi connectivity index (χ1v) is 15.8. The van der Waals surface area contributed by atoms with Gasteiger partial charge in [0, 0.05) is 24.1 Å². The van der Waals surface area contributed by atoms with Crippen molar-refractivity contribution in [1.82, 2.24) is 26.0 Å². The highest BCUT2D eigenvalue weighted by Crippen LogP contribution is 2.33. The maximum absolute atomic E-state index is 14.3.